The summed E-state index contributed by atoms with van der Waals surface area (Å²) in [6, 6.07) is 5.52. The Kier molecular flexibility index (Phi) is 5.36. The molecule has 1 unspecified atom stereocenters. The molecule has 1 atom stereocenters. The number of hydrogen-bond donors (Lipinski definition) is 2. The largest absolute Gasteiger partial charge is 0.335 e. The molecule has 6 heteroatoms. The number of likely N-dealkylation sites (N-methyl/N-ethyl adjacent to an activating group) is 1. The number of amides is 2. The van der Waals surface area contributed by atoms with E-state index < -0.39 is 0 Å². The van der Waals surface area contributed by atoms with E-state index in [2.05, 4.69) is 26.6 Å². The van der Waals surface area contributed by atoms with Gasteiger partial charge in [0.25, 0.3) is 0 Å². The van der Waals surface area contributed by atoms with Crippen LogP contribution in [-0.4, -0.2) is 42.9 Å². The number of aryl methyl sites for hydroxylation is 1. The number of halogens is 1. The molecule has 1 aromatic carbocycles. The summed E-state index contributed by atoms with van der Waals surface area (Å²) in [5.41, 5.74) is 1.74. The Morgan fingerprint density at radius 2 is 2.24 bits per heavy atom. The highest BCUT2D eigenvalue weighted by Crippen LogP contribution is 2.20. The summed E-state index contributed by atoms with van der Waals surface area (Å²) in [6.45, 7) is 2.86. The molecule has 5 nitrogen and oxygen atoms in total. The maximum absolute atomic E-state index is 12.1. The highest BCUT2D eigenvalue weighted by atomic mass is 79.9. The van der Waals surface area contributed by atoms with E-state index in [1.165, 1.54) is 4.90 Å². The molecular formula is C15H20BrN3O2. The molecule has 0 aromatic heterocycles. The number of nitrogens with one attached hydrogen (secondary N) is 2. The molecule has 0 spiro atoms. The van der Waals surface area contributed by atoms with E-state index in [9.17, 15) is 9.59 Å². The van der Waals surface area contributed by atoms with E-state index in [1.807, 2.05) is 25.1 Å². The van der Waals surface area contributed by atoms with Crippen molar-refractivity contribution in [1.29, 1.82) is 0 Å². The van der Waals surface area contributed by atoms with Gasteiger partial charge in [0.15, 0.2) is 0 Å². The fraction of sp³-hybridized carbons (Fsp3) is 0.467. The highest BCUT2D eigenvalue weighted by molar-refractivity contribution is 9.10. The summed E-state index contributed by atoms with van der Waals surface area (Å²) in [4.78, 5) is 25.6. The predicted molar refractivity (Wildman–Crippen MR) is 86.2 cm³/mol. The molecule has 0 aliphatic carbocycles. The van der Waals surface area contributed by atoms with Crippen LogP contribution < -0.4 is 10.6 Å². The minimum Gasteiger partial charge on any atom is -0.335 e. The van der Waals surface area contributed by atoms with Gasteiger partial charge in [0.2, 0.25) is 11.8 Å². The van der Waals surface area contributed by atoms with Crippen LogP contribution in [0.3, 0.4) is 0 Å². The van der Waals surface area contributed by atoms with E-state index in [-0.39, 0.29) is 24.4 Å². The van der Waals surface area contributed by atoms with Gasteiger partial charge in [0.1, 0.15) is 0 Å². The van der Waals surface area contributed by atoms with Gasteiger partial charge in [-0.15, -0.1) is 0 Å². The second-order valence-corrected chi connectivity index (χ2v) is 6.27. The Balaban J connectivity index is 1.90. The molecule has 21 heavy (non-hydrogen) atoms. The molecule has 2 amide bonds. The van der Waals surface area contributed by atoms with Gasteiger partial charge in [-0.25, -0.2) is 0 Å². The van der Waals surface area contributed by atoms with E-state index in [4.69, 9.17) is 0 Å². The maximum atomic E-state index is 12.1. The minimum atomic E-state index is -0.186. The zero-order valence-corrected chi connectivity index (χ0v) is 13.9. The Labute approximate surface area is 133 Å². The normalized spacial score (nSPS) is 17.6. The zero-order valence-electron chi connectivity index (χ0n) is 12.3. The number of rotatable bonds is 4. The average Bonchev–Trinajstić information content (AvgIpc) is 2.95. The smallest absolute Gasteiger partial charge is 0.243 e. The van der Waals surface area contributed by atoms with Gasteiger partial charge in [-0.2, -0.15) is 0 Å². The van der Waals surface area contributed by atoms with Crippen LogP contribution in [0.15, 0.2) is 22.7 Å². The van der Waals surface area contributed by atoms with Crippen LogP contribution in [0, 0.1) is 6.92 Å². The van der Waals surface area contributed by atoms with E-state index in [0.29, 0.717) is 0 Å². The topological polar surface area (TPSA) is 61.4 Å². The van der Waals surface area contributed by atoms with E-state index in [0.717, 1.165) is 35.1 Å². The lowest BCUT2D eigenvalue weighted by atomic mass is 10.2. The van der Waals surface area contributed by atoms with Crippen LogP contribution in [0.25, 0.3) is 0 Å². The lowest BCUT2D eigenvalue weighted by Gasteiger charge is -2.21. The summed E-state index contributed by atoms with van der Waals surface area (Å²) in [5.74, 6) is -0.204. The first kappa shape index (κ1) is 16.0. The lowest BCUT2D eigenvalue weighted by molar-refractivity contribution is -0.134. The van der Waals surface area contributed by atoms with Crippen LogP contribution in [0.2, 0.25) is 0 Å². The molecule has 0 bridgehead atoms. The van der Waals surface area contributed by atoms with Gasteiger partial charge in [-0.1, -0.05) is 15.9 Å². The quantitative estimate of drug-likeness (QED) is 0.868. The van der Waals surface area contributed by atoms with Crippen LogP contribution in [0.4, 0.5) is 5.69 Å². The highest BCUT2D eigenvalue weighted by Gasteiger charge is 2.25. The van der Waals surface area contributed by atoms with Crippen molar-refractivity contribution in [2.24, 2.45) is 0 Å². The standard InChI is InChI=1S/C15H20BrN3O2/c1-10-8-11(16)5-6-12(10)18-14(20)9-19(2)15(21)13-4-3-7-17-13/h5-6,8,13,17H,3-4,7,9H2,1-2H3,(H,18,20). The van der Waals surface area contributed by atoms with Crippen molar-refractivity contribution in [3.05, 3.63) is 28.2 Å². The van der Waals surface area contributed by atoms with Crippen molar-refractivity contribution in [2.45, 2.75) is 25.8 Å². The number of carbonyl (C=O) groups is 2. The number of hydrogen-bond acceptors (Lipinski definition) is 3. The Hall–Kier alpha value is -1.40. The summed E-state index contributed by atoms with van der Waals surface area (Å²) in [6.07, 6.45) is 1.85. The third-order valence-electron chi connectivity index (χ3n) is 3.58. The molecule has 114 valence electrons. The van der Waals surface area contributed by atoms with Crippen molar-refractivity contribution in [2.75, 3.05) is 25.5 Å². The maximum Gasteiger partial charge on any atom is 0.243 e. The first-order valence-corrected chi connectivity index (χ1v) is 7.81. The summed E-state index contributed by atoms with van der Waals surface area (Å²) in [5, 5.41) is 5.99. The van der Waals surface area contributed by atoms with E-state index in [1.54, 1.807) is 7.05 Å². The Morgan fingerprint density at radius 3 is 2.86 bits per heavy atom. The molecule has 1 aliphatic rings. The van der Waals surface area contributed by atoms with Crippen molar-refractivity contribution in [3.8, 4) is 0 Å². The fourth-order valence-electron chi connectivity index (χ4n) is 2.41. The molecule has 2 rings (SSSR count). The number of nitrogens with zero attached hydrogens (tertiary/aromatic N) is 1. The van der Waals surface area contributed by atoms with Crippen molar-refractivity contribution in [3.63, 3.8) is 0 Å². The number of anilines is 1. The second kappa shape index (κ2) is 7.04. The van der Waals surface area contributed by atoms with Crippen LogP contribution in [0.5, 0.6) is 0 Å². The fourth-order valence-corrected chi connectivity index (χ4v) is 2.89. The van der Waals surface area contributed by atoms with Gasteiger partial charge in [0.05, 0.1) is 12.6 Å². The van der Waals surface area contributed by atoms with Gasteiger partial charge in [-0.3, -0.25) is 9.59 Å². The van der Waals surface area contributed by atoms with Crippen molar-refractivity contribution >= 4 is 33.4 Å². The Morgan fingerprint density at radius 1 is 1.48 bits per heavy atom. The summed E-state index contributed by atoms with van der Waals surface area (Å²) >= 11 is 3.39. The predicted octanol–water partition coefficient (Wildman–Crippen LogP) is 1.91. The van der Waals surface area contributed by atoms with E-state index >= 15 is 0 Å². The monoisotopic (exact) mass is 353 g/mol. The molecule has 0 radical (unpaired) electrons. The molecule has 0 saturated carbocycles. The van der Waals surface area contributed by atoms with Gasteiger partial charge < -0.3 is 15.5 Å². The summed E-state index contributed by atoms with van der Waals surface area (Å²) in [7, 11) is 1.66. The second-order valence-electron chi connectivity index (χ2n) is 5.35. The van der Waals surface area contributed by atoms with Gasteiger partial charge >= 0.3 is 0 Å². The SMILES string of the molecule is Cc1cc(Br)ccc1NC(=O)CN(C)C(=O)C1CCCN1. The lowest BCUT2D eigenvalue weighted by Crippen LogP contribution is -2.44. The van der Waals surface area contributed by atoms with Crippen LogP contribution in [-0.2, 0) is 9.59 Å². The average molecular weight is 354 g/mol. The third-order valence-corrected chi connectivity index (χ3v) is 4.07. The molecule has 2 N–H and O–H groups in total. The molecular weight excluding hydrogens is 334 g/mol. The molecule has 1 fully saturated rings. The molecule has 1 aliphatic heterocycles. The first-order valence-electron chi connectivity index (χ1n) is 7.02. The van der Waals surface area contributed by atoms with Gasteiger partial charge in [0, 0.05) is 17.2 Å². The molecule has 1 aromatic rings. The minimum absolute atomic E-state index is 0.0184. The third kappa shape index (κ3) is 4.28. The Bertz CT molecular complexity index is 542. The first-order chi connectivity index (χ1) is 9.97. The van der Waals surface area contributed by atoms with Gasteiger partial charge in [-0.05, 0) is 50.1 Å². The molecule has 1 heterocycles. The number of carbonyl (C=O) groups excluding carboxylic acids is 2. The molecule has 1 saturated heterocycles. The van der Waals surface area contributed by atoms with Crippen LogP contribution >= 0.6 is 15.9 Å². The number of benzene rings is 1. The van der Waals surface area contributed by atoms with Crippen molar-refractivity contribution in [1.82, 2.24) is 10.2 Å². The van der Waals surface area contributed by atoms with Crippen molar-refractivity contribution < 1.29 is 9.59 Å². The summed E-state index contributed by atoms with van der Waals surface area (Å²) < 4.78 is 0.970. The zero-order chi connectivity index (χ0) is 15.4. The van der Waals surface area contributed by atoms with Crippen LogP contribution in [0.1, 0.15) is 18.4 Å².